The first-order valence-electron chi connectivity index (χ1n) is 4.65. The molecule has 0 saturated carbocycles. The monoisotopic (exact) mass is 221 g/mol. The van der Waals surface area contributed by atoms with Crippen LogP contribution in [0.5, 0.6) is 0 Å². The lowest BCUT2D eigenvalue weighted by Gasteiger charge is -1.99. The molecule has 1 fully saturated rings. The number of ether oxygens (including phenoxy) is 1. The van der Waals surface area contributed by atoms with Crippen LogP contribution < -0.4 is 5.32 Å². The molecule has 0 aromatic heterocycles. The number of esters is 1. The van der Waals surface area contributed by atoms with Gasteiger partial charge >= 0.3 is 5.97 Å². The first-order chi connectivity index (χ1) is 7.36. The summed E-state index contributed by atoms with van der Waals surface area (Å²) >= 11 is 1.65. The van der Waals surface area contributed by atoms with Crippen LogP contribution in [0.25, 0.3) is 0 Å². The molecule has 78 valence electrons. The second kappa shape index (κ2) is 5.00. The molecule has 1 aromatic carbocycles. The van der Waals surface area contributed by atoms with Crippen molar-refractivity contribution in [2.75, 3.05) is 12.4 Å². The lowest BCUT2D eigenvalue weighted by atomic mass is 10.2. The topological polar surface area (TPSA) is 38.3 Å². The Morgan fingerprint density at radius 3 is 2.87 bits per heavy atom. The highest BCUT2D eigenvalue weighted by molar-refractivity contribution is 8.03. The predicted octanol–water partition coefficient (Wildman–Crippen LogP) is 1.98. The van der Waals surface area contributed by atoms with E-state index in [1.807, 2.05) is 18.2 Å². The Labute approximate surface area is 92.5 Å². The van der Waals surface area contributed by atoms with E-state index in [0.717, 1.165) is 17.3 Å². The van der Waals surface area contributed by atoms with Gasteiger partial charge in [-0.3, -0.25) is 0 Å². The van der Waals surface area contributed by atoms with E-state index in [1.54, 1.807) is 23.9 Å². The van der Waals surface area contributed by atoms with Gasteiger partial charge in [-0.25, -0.2) is 4.79 Å². The number of carbonyl (C=O) groups excluding carboxylic acids is 1. The smallest absolute Gasteiger partial charge is 0.342 e. The average Bonchev–Trinajstić information content (AvgIpc) is 2.80. The summed E-state index contributed by atoms with van der Waals surface area (Å²) in [6, 6.07) is 8.97. The normalized spacial score (nSPS) is 18.0. The third-order valence-corrected chi connectivity index (χ3v) is 2.93. The fraction of sp³-hybridized carbons (Fsp3) is 0.182. The van der Waals surface area contributed by atoms with Crippen LogP contribution in [0.2, 0.25) is 0 Å². The van der Waals surface area contributed by atoms with E-state index in [0.29, 0.717) is 5.56 Å². The molecule has 1 heterocycles. The van der Waals surface area contributed by atoms with Crippen molar-refractivity contribution in [3.8, 4) is 0 Å². The summed E-state index contributed by atoms with van der Waals surface area (Å²) in [5, 5.41) is 3.14. The summed E-state index contributed by atoms with van der Waals surface area (Å²) in [5.74, 6) is 0.574. The number of nitrogens with one attached hydrogen (secondary N) is 1. The van der Waals surface area contributed by atoms with Crippen molar-refractivity contribution < 1.29 is 9.53 Å². The lowest BCUT2D eigenvalue weighted by molar-refractivity contribution is 0.0662. The maximum atomic E-state index is 11.5. The second-order valence-corrected chi connectivity index (χ2v) is 4.17. The summed E-state index contributed by atoms with van der Waals surface area (Å²) in [6.45, 7) is 0.784. The van der Waals surface area contributed by atoms with Crippen LogP contribution in [-0.2, 0) is 4.74 Å². The molecule has 0 unspecified atom stereocenters. The highest BCUT2D eigenvalue weighted by Gasteiger charge is 2.09. The zero-order chi connectivity index (χ0) is 10.5. The Balaban J connectivity index is 1.95. The number of thioether (sulfide) groups is 1. The Morgan fingerprint density at radius 1 is 1.40 bits per heavy atom. The number of hydrogen-bond donors (Lipinski definition) is 1. The molecule has 1 N–H and O–H groups in total. The third kappa shape index (κ3) is 2.84. The van der Waals surface area contributed by atoms with E-state index in [4.69, 9.17) is 4.74 Å². The molecular formula is C11H11NO2S. The maximum Gasteiger partial charge on any atom is 0.342 e. The third-order valence-electron chi connectivity index (χ3n) is 1.97. The fourth-order valence-electron chi connectivity index (χ4n) is 1.21. The molecule has 0 bridgehead atoms. The number of benzene rings is 1. The highest BCUT2D eigenvalue weighted by atomic mass is 32.2. The Bertz CT molecular complexity index is 367. The minimum Gasteiger partial charge on any atom is -0.430 e. The van der Waals surface area contributed by atoms with Gasteiger partial charge in [0.1, 0.15) is 6.26 Å². The molecule has 0 atom stereocenters. The minimum atomic E-state index is -0.310. The van der Waals surface area contributed by atoms with Crippen LogP contribution in [-0.4, -0.2) is 18.4 Å². The molecule has 1 aliphatic heterocycles. The van der Waals surface area contributed by atoms with Crippen molar-refractivity contribution in [1.29, 1.82) is 0 Å². The quantitative estimate of drug-likeness (QED) is 0.612. The average molecular weight is 221 g/mol. The molecule has 1 aromatic rings. The number of hydrogen-bond acceptors (Lipinski definition) is 4. The van der Waals surface area contributed by atoms with E-state index in [-0.39, 0.29) is 5.97 Å². The predicted molar refractivity (Wildman–Crippen MR) is 60.4 cm³/mol. The largest absolute Gasteiger partial charge is 0.430 e. The minimum absolute atomic E-state index is 0.310. The molecular weight excluding hydrogens is 210 g/mol. The molecule has 1 aliphatic rings. The van der Waals surface area contributed by atoms with Crippen LogP contribution in [0.4, 0.5) is 0 Å². The lowest BCUT2D eigenvalue weighted by Crippen LogP contribution is -2.05. The van der Waals surface area contributed by atoms with Crippen LogP contribution >= 0.6 is 11.8 Å². The van der Waals surface area contributed by atoms with E-state index >= 15 is 0 Å². The van der Waals surface area contributed by atoms with E-state index in [9.17, 15) is 4.79 Å². The van der Waals surface area contributed by atoms with Gasteiger partial charge in [-0.05, 0) is 12.1 Å². The summed E-state index contributed by atoms with van der Waals surface area (Å²) in [7, 11) is 0. The van der Waals surface area contributed by atoms with E-state index in [2.05, 4.69) is 5.32 Å². The van der Waals surface area contributed by atoms with Gasteiger partial charge in [-0.15, -0.1) is 11.8 Å². The van der Waals surface area contributed by atoms with Crippen LogP contribution in [0.3, 0.4) is 0 Å². The zero-order valence-electron chi connectivity index (χ0n) is 8.10. The van der Waals surface area contributed by atoms with Crippen molar-refractivity contribution in [2.24, 2.45) is 0 Å². The molecule has 0 radical (unpaired) electrons. The van der Waals surface area contributed by atoms with Crippen LogP contribution in [0.1, 0.15) is 10.4 Å². The standard InChI is InChI=1S/C11H11NO2S/c13-11(9-4-2-1-3-5-9)14-7-10-6-12-8-15-10/h1-5,7,12H,6,8H2. The summed E-state index contributed by atoms with van der Waals surface area (Å²) in [6.07, 6.45) is 1.53. The van der Waals surface area contributed by atoms with E-state index < -0.39 is 0 Å². The summed E-state index contributed by atoms with van der Waals surface area (Å²) in [5.41, 5.74) is 0.574. The zero-order valence-corrected chi connectivity index (χ0v) is 8.92. The maximum absolute atomic E-state index is 11.5. The number of carbonyl (C=O) groups is 1. The second-order valence-electron chi connectivity index (χ2n) is 3.07. The van der Waals surface area contributed by atoms with Crippen molar-refractivity contribution >= 4 is 17.7 Å². The van der Waals surface area contributed by atoms with Gasteiger partial charge in [0.25, 0.3) is 0 Å². The Hall–Kier alpha value is -1.26. The van der Waals surface area contributed by atoms with Crippen LogP contribution in [0.15, 0.2) is 41.5 Å². The van der Waals surface area contributed by atoms with Crippen molar-refractivity contribution in [2.45, 2.75) is 0 Å². The van der Waals surface area contributed by atoms with Gasteiger partial charge in [0.2, 0.25) is 0 Å². The molecule has 2 rings (SSSR count). The van der Waals surface area contributed by atoms with Gasteiger partial charge < -0.3 is 10.1 Å². The van der Waals surface area contributed by atoms with E-state index in [1.165, 1.54) is 6.26 Å². The first-order valence-corrected chi connectivity index (χ1v) is 5.63. The number of rotatable bonds is 2. The molecule has 4 heteroatoms. The van der Waals surface area contributed by atoms with Gasteiger partial charge in [0, 0.05) is 17.3 Å². The van der Waals surface area contributed by atoms with Gasteiger partial charge in [-0.1, -0.05) is 18.2 Å². The highest BCUT2D eigenvalue weighted by Crippen LogP contribution is 2.18. The molecule has 3 nitrogen and oxygen atoms in total. The van der Waals surface area contributed by atoms with Gasteiger partial charge in [0.15, 0.2) is 0 Å². The molecule has 0 spiro atoms. The Kier molecular flexibility index (Phi) is 3.42. The molecule has 15 heavy (non-hydrogen) atoms. The SMILES string of the molecule is O=C(OC=C1CNCS1)c1ccccc1. The van der Waals surface area contributed by atoms with Crippen LogP contribution in [0, 0.1) is 0 Å². The molecule has 1 saturated heterocycles. The van der Waals surface area contributed by atoms with Crippen molar-refractivity contribution in [1.82, 2.24) is 5.32 Å². The summed E-state index contributed by atoms with van der Waals surface area (Å²) in [4.78, 5) is 12.6. The Morgan fingerprint density at radius 2 is 2.20 bits per heavy atom. The van der Waals surface area contributed by atoms with Crippen molar-refractivity contribution in [3.63, 3.8) is 0 Å². The fourth-order valence-corrected chi connectivity index (χ4v) is 1.92. The molecule has 0 amide bonds. The molecule has 0 aliphatic carbocycles. The van der Waals surface area contributed by atoms with Crippen molar-refractivity contribution in [3.05, 3.63) is 47.1 Å². The first kappa shape index (κ1) is 10.3. The van der Waals surface area contributed by atoms with Gasteiger partial charge in [-0.2, -0.15) is 0 Å². The van der Waals surface area contributed by atoms with Gasteiger partial charge in [0.05, 0.1) is 5.56 Å². The summed E-state index contributed by atoms with van der Waals surface area (Å²) < 4.78 is 5.05.